The van der Waals surface area contributed by atoms with Crippen LogP contribution in [0.2, 0.25) is 0 Å². The van der Waals surface area contributed by atoms with Crippen LogP contribution in [-0.4, -0.2) is 24.2 Å². The number of ether oxygens (including phenoxy) is 2. The quantitative estimate of drug-likeness (QED) is 0.617. The van der Waals surface area contributed by atoms with Crippen LogP contribution in [0.3, 0.4) is 0 Å². The lowest BCUT2D eigenvalue weighted by molar-refractivity contribution is -0.116. The SMILES string of the molecule is COC(=O)NC(=S)Nc1ccc(Oc2ccccc2)cc1NC(=O)CC(C)C. The first-order chi connectivity index (χ1) is 13.4. The van der Waals surface area contributed by atoms with E-state index in [1.807, 2.05) is 44.2 Å². The summed E-state index contributed by atoms with van der Waals surface area (Å²) >= 11 is 5.09. The van der Waals surface area contributed by atoms with Crippen LogP contribution in [0.25, 0.3) is 0 Å². The van der Waals surface area contributed by atoms with E-state index in [1.165, 1.54) is 7.11 Å². The molecule has 0 aliphatic carbocycles. The molecule has 7 nitrogen and oxygen atoms in total. The van der Waals surface area contributed by atoms with E-state index < -0.39 is 6.09 Å². The van der Waals surface area contributed by atoms with Gasteiger partial charge in [-0.15, -0.1) is 0 Å². The van der Waals surface area contributed by atoms with E-state index in [2.05, 4.69) is 20.7 Å². The van der Waals surface area contributed by atoms with Crippen LogP contribution in [0.4, 0.5) is 16.2 Å². The van der Waals surface area contributed by atoms with Gasteiger partial charge in [-0.2, -0.15) is 0 Å². The van der Waals surface area contributed by atoms with Crippen molar-refractivity contribution in [3.8, 4) is 11.5 Å². The minimum Gasteiger partial charge on any atom is -0.457 e. The lowest BCUT2D eigenvalue weighted by atomic mass is 10.1. The van der Waals surface area contributed by atoms with Crippen LogP contribution in [0.5, 0.6) is 11.5 Å². The fourth-order valence-electron chi connectivity index (χ4n) is 2.29. The molecule has 0 radical (unpaired) electrons. The van der Waals surface area contributed by atoms with Gasteiger partial charge in [0.25, 0.3) is 0 Å². The van der Waals surface area contributed by atoms with Crippen molar-refractivity contribution in [2.75, 3.05) is 17.7 Å². The van der Waals surface area contributed by atoms with Gasteiger partial charge in [-0.25, -0.2) is 4.79 Å². The summed E-state index contributed by atoms with van der Waals surface area (Å²) in [4.78, 5) is 23.6. The number of alkyl carbamates (subject to hydrolysis) is 1. The number of amides is 2. The summed E-state index contributed by atoms with van der Waals surface area (Å²) in [5.41, 5.74) is 0.993. The van der Waals surface area contributed by atoms with Crippen molar-refractivity contribution in [2.45, 2.75) is 20.3 Å². The molecule has 2 amide bonds. The highest BCUT2D eigenvalue weighted by Gasteiger charge is 2.13. The minimum absolute atomic E-state index is 0.0444. The zero-order chi connectivity index (χ0) is 20.5. The van der Waals surface area contributed by atoms with Crippen LogP contribution in [0.1, 0.15) is 20.3 Å². The topological polar surface area (TPSA) is 88.7 Å². The number of nitrogens with one attached hydrogen (secondary N) is 3. The van der Waals surface area contributed by atoms with Gasteiger partial charge in [-0.3, -0.25) is 10.1 Å². The number of rotatable bonds is 6. The molecule has 0 aliphatic rings. The van der Waals surface area contributed by atoms with E-state index >= 15 is 0 Å². The summed E-state index contributed by atoms with van der Waals surface area (Å²) in [6.07, 6.45) is -0.319. The maximum atomic E-state index is 12.3. The summed E-state index contributed by atoms with van der Waals surface area (Å²) in [5.74, 6) is 1.29. The molecule has 8 heteroatoms. The van der Waals surface area contributed by atoms with E-state index in [0.717, 1.165) is 0 Å². The van der Waals surface area contributed by atoms with Gasteiger partial charge in [0.05, 0.1) is 18.5 Å². The number of hydrogen-bond donors (Lipinski definition) is 3. The van der Waals surface area contributed by atoms with Crippen molar-refractivity contribution < 1.29 is 19.1 Å². The second-order valence-corrected chi connectivity index (χ2v) is 6.75. The van der Waals surface area contributed by atoms with Crippen LogP contribution in [-0.2, 0) is 9.53 Å². The molecule has 2 aromatic carbocycles. The third kappa shape index (κ3) is 6.88. The normalized spacial score (nSPS) is 10.1. The predicted octanol–water partition coefficient (Wildman–Crippen LogP) is 4.52. The number of carbonyl (C=O) groups excluding carboxylic acids is 2. The van der Waals surface area contributed by atoms with Crippen LogP contribution < -0.4 is 20.7 Å². The maximum absolute atomic E-state index is 12.3. The third-order valence-electron chi connectivity index (χ3n) is 3.49. The van der Waals surface area contributed by atoms with Crippen LogP contribution in [0.15, 0.2) is 48.5 Å². The molecule has 148 valence electrons. The highest BCUT2D eigenvalue weighted by molar-refractivity contribution is 7.80. The molecule has 0 fully saturated rings. The van der Waals surface area contributed by atoms with E-state index in [9.17, 15) is 9.59 Å². The van der Waals surface area contributed by atoms with E-state index in [-0.39, 0.29) is 16.9 Å². The largest absolute Gasteiger partial charge is 0.457 e. The van der Waals surface area contributed by atoms with Gasteiger partial charge in [0.1, 0.15) is 11.5 Å². The highest BCUT2D eigenvalue weighted by Crippen LogP contribution is 2.30. The van der Waals surface area contributed by atoms with Crippen molar-refractivity contribution >= 4 is 40.7 Å². The van der Waals surface area contributed by atoms with Gasteiger partial charge in [0.2, 0.25) is 5.91 Å². The van der Waals surface area contributed by atoms with E-state index in [0.29, 0.717) is 29.3 Å². The van der Waals surface area contributed by atoms with Crippen LogP contribution >= 0.6 is 12.2 Å². The zero-order valence-electron chi connectivity index (χ0n) is 15.9. The first-order valence-corrected chi connectivity index (χ1v) is 9.11. The molecular weight excluding hydrogens is 378 g/mol. The second-order valence-electron chi connectivity index (χ2n) is 6.34. The first-order valence-electron chi connectivity index (χ1n) is 8.70. The van der Waals surface area contributed by atoms with Gasteiger partial charge < -0.3 is 20.1 Å². The van der Waals surface area contributed by atoms with Crippen molar-refractivity contribution in [3.63, 3.8) is 0 Å². The maximum Gasteiger partial charge on any atom is 0.413 e. The van der Waals surface area contributed by atoms with Crippen molar-refractivity contribution in [3.05, 3.63) is 48.5 Å². The number of para-hydroxylation sites is 1. The van der Waals surface area contributed by atoms with Gasteiger partial charge in [0, 0.05) is 12.5 Å². The van der Waals surface area contributed by atoms with Crippen molar-refractivity contribution in [2.24, 2.45) is 5.92 Å². The van der Waals surface area contributed by atoms with Gasteiger partial charge in [-0.05, 0) is 42.4 Å². The Bertz CT molecular complexity index is 841. The fraction of sp³-hybridized carbons (Fsp3) is 0.250. The molecule has 3 N–H and O–H groups in total. The second kappa shape index (κ2) is 10.3. The zero-order valence-corrected chi connectivity index (χ0v) is 16.8. The van der Waals surface area contributed by atoms with Crippen molar-refractivity contribution in [1.82, 2.24) is 5.32 Å². The lowest BCUT2D eigenvalue weighted by Crippen LogP contribution is -2.34. The number of anilines is 2. The number of carbonyl (C=O) groups is 2. The molecule has 0 saturated heterocycles. The summed E-state index contributed by atoms with van der Waals surface area (Å²) in [6, 6.07) is 14.4. The highest BCUT2D eigenvalue weighted by atomic mass is 32.1. The molecule has 2 aromatic rings. The molecular formula is C20H23N3O4S. The van der Waals surface area contributed by atoms with Gasteiger partial charge in [-0.1, -0.05) is 32.0 Å². The van der Waals surface area contributed by atoms with Gasteiger partial charge in [0.15, 0.2) is 5.11 Å². The van der Waals surface area contributed by atoms with Gasteiger partial charge >= 0.3 is 6.09 Å². The summed E-state index contributed by atoms with van der Waals surface area (Å²) in [7, 11) is 1.24. The predicted molar refractivity (Wildman–Crippen MR) is 113 cm³/mol. The monoisotopic (exact) mass is 401 g/mol. The Morgan fingerprint density at radius 3 is 2.36 bits per heavy atom. The molecule has 0 heterocycles. The van der Waals surface area contributed by atoms with Crippen LogP contribution in [0, 0.1) is 5.92 Å². The smallest absolute Gasteiger partial charge is 0.413 e. The Morgan fingerprint density at radius 1 is 1.00 bits per heavy atom. The number of benzene rings is 2. The summed E-state index contributed by atoms with van der Waals surface area (Å²) in [5, 5.41) is 8.14. The average Bonchev–Trinajstić information content (AvgIpc) is 2.63. The van der Waals surface area contributed by atoms with E-state index in [4.69, 9.17) is 17.0 Å². The Labute approximate surface area is 169 Å². The summed E-state index contributed by atoms with van der Waals surface area (Å²) < 4.78 is 10.3. The molecule has 2 rings (SSSR count). The molecule has 0 bridgehead atoms. The molecule has 0 spiro atoms. The lowest BCUT2D eigenvalue weighted by Gasteiger charge is -2.16. The van der Waals surface area contributed by atoms with E-state index in [1.54, 1.807) is 18.2 Å². The Hall–Kier alpha value is -3.13. The standard InChI is InChI=1S/C20H23N3O4S/c1-13(2)11-18(24)21-17-12-15(27-14-7-5-4-6-8-14)9-10-16(17)22-19(28)23-20(25)26-3/h4-10,12-13H,11H2,1-3H3,(H,21,24)(H2,22,23,25,28). The first kappa shape index (κ1) is 21.2. The molecule has 28 heavy (non-hydrogen) atoms. The molecule has 0 aliphatic heterocycles. The number of methoxy groups -OCH3 is 1. The molecule has 0 saturated carbocycles. The molecule has 0 aromatic heterocycles. The minimum atomic E-state index is -0.688. The Morgan fingerprint density at radius 2 is 1.71 bits per heavy atom. The number of hydrogen-bond acceptors (Lipinski definition) is 5. The number of thiocarbonyl (C=S) groups is 1. The Balaban J connectivity index is 2.22. The Kier molecular flexibility index (Phi) is 7.76. The molecule has 0 atom stereocenters. The fourth-order valence-corrected chi connectivity index (χ4v) is 2.49. The summed E-state index contributed by atoms with van der Waals surface area (Å²) in [6.45, 7) is 3.92. The third-order valence-corrected chi connectivity index (χ3v) is 3.69. The average molecular weight is 401 g/mol. The molecule has 0 unspecified atom stereocenters. The van der Waals surface area contributed by atoms with Crippen molar-refractivity contribution in [1.29, 1.82) is 0 Å².